The van der Waals surface area contributed by atoms with Crippen molar-refractivity contribution in [2.45, 2.75) is 38.4 Å². The third-order valence-electron chi connectivity index (χ3n) is 3.82. The zero-order valence-corrected chi connectivity index (χ0v) is 11.0. The zero-order chi connectivity index (χ0) is 13.1. The molecule has 2 unspecified atom stereocenters. The molecule has 1 aromatic rings. The topological polar surface area (TPSA) is 35.5 Å². The average molecular weight is 252 g/mol. The summed E-state index contributed by atoms with van der Waals surface area (Å²) >= 11 is 0. The number of hydrogen-bond acceptors (Lipinski definition) is 3. The third kappa shape index (κ3) is 3.21. The van der Waals surface area contributed by atoms with Gasteiger partial charge in [0.05, 0.1) is 0 Å². The van der Waals surface area contributed by atoms with Crippen LogP contribution in [0, 0.1) is 5.82 Å². The first-order chi connectivity index (χ1) is 8.56. The lowest BCUT2D eigenvalue weighted by Crippen LogP contribution is -2.45. The van der Waals surface area contributed by atoms with Gasteiger partial charge in [0.2, 0.25) is 0 Å². The Morgan fingerprint density at radius 1 is 1.50 bits per heavy atom. The Labute approximate surface area is 108 Å². The van der Waals surface area contributed by atoms with Crippen LogP contribution in [0.3, 0.4) is 0 Å². The lowest BCUT2D eigenvalue weighted by molar-refractivity contribution is 0.168. The molecule has 0 amide bonds. The van der Waals surface area contributed by atoms with Crippen LogP contribution in [0.25, 0.3) is 0 Å². The molecule has 1 aliphatic rings. The molecule has 2 N–H and O–H groups in total. The minimum atomic E-state index is -0.550. The quantitative estimate of drug-likeness (QED) is 0.865. The summed E-state index contributed by atoms with van der Waals surface area (Å²) in [6.45, 7) is 3.98. The number of hydrogen-bond donors (Lipinski definition) is 2. The number of likely N-dealkylation sites (tertiary alicyclic amines) is 1. The minimum absolute atomic E-state index is 0.285. The molecule has 1 fully saturated rings. The Morgan fingerprint density at radius 3 is 2.94 bits per heavy atom. The van der Waals surface area contributed by atoms with Crippen LogP contribution in [0.5, 0.6) is 5.75 Å². The predicted molar refractivity (Wildman–Crippen MR) is 70.0 cm³/mol. The number of nitrogens with one attached hydrogen (secondary N) is 1. The van der Waals surface area contributed by atoms with Crippen LogP contribution in [0.1, 0.15) is 25.3 Å². The molecule has 1 aromatic carbocycles. The van der Waals surface area contributed by atoms with Crippen molar-refractivity contribution < 1.29 is 9.50 Å². The monoisotopic (exact) mass is 252 g/mol. The molecule has 3 nitrogen and oxygen atoms in total. The summed E-state index contributed by atoms with van der Waals surface area (Å²) in [5, 5.41) is 12.6. The van der Waals surface area contributed by atoms with E-state index in [0.29, 0.717) is 18.6 Å². The maximum absolute atomic E-state index is 13.2. The maximum Gasteiger partial charge on any atom is 0.165 e. The van der Waals surface area contributed by atoms with Crippen LogP contribution in [0.4, 0.5) is 4.39 Å². The van der Waals surface area contributed by atoms with E-state index in [-0.39, 0.29) is 5.75 Å². The molecule has 2 rings (SSSR count). The molecule has 0 saturated carbocycles. The van der Waals surface area contributed by atoms with Gasteiger partial charge in [-0.25, -0.2) is 4.39 Å². The van der Waals surface area contributed by atoms with Gasteiger partial charge in [-0.2, -0.15) is 0 Å². The van der Waals surface area contributed by atoms with E-state index in [4.69, 9.17) is 5.11 Å². The fourth-order valence-corrected chi connectivity index (χ4v) is 2.40. The number of halogens is 1. The second-order valence-corrected chi connectivity index (χ2v) is 5.22. The Kier molecular flexibility index (Phi) is 4.19. The van der Waals surface area contributed by atoms with Crippen molar-refractivity contribution in [3.8, 4) is 5.75 Å². The van der Waals surface area contributed by atoms with Gasteiger partial charge >= 0.3 is 0 Å². The molecule has 2 atom stereocenters. The van der Waals surface area contributed by atoms with Crippen molar-refractivity contribution in [3.05, 3.63) is 29.6 Å². The first-order valence-electron chi connectivity index (χ1n) is 6.47. The fourth-order valence-electron chi connectivity index (χ4n) is 2.40. The lowest BCUT2D eigenvalue weighted by atomic mass is 9.99. The Hall–Kier alpha value is -1.13. The first kappa shape index (κ1) is 13.3. The van der Waals surface area contributed by atoms with Crippen LogP contribution < -0.4 is 5.32 Å². The first-order valence-corrected chi connectivity index (χ1v) is 6.47. The van der Waals surface area contributed by atoms with Crippen LogP contribution >= 0.6 is 0 Å². The van der Waals surface area contributed by atoms with Gasteiger partial charge in [-0.1, -0.05) is 6.07 Å². The fraction of sp³-hybridized carbons (Fsp3) is 0.571. The molecule has 0 radical (unpaired) electrons. The number of aromatic hydroxyl groups is 1. The lowest BCUT2D eigenvalue weighted by Gasteiger charge is -2.35. The van der Waals surface area contributed by atoms with Gasteiger partial charge in [-0.15, -0.1) is 0 Å². The summed E-state index contributed by atoms with van der Waals surface area (Å²) in [5.74, 6) is -0.835. The predicted octanol–water partition coefficient (Wildman–Crippen LogP) is 2.10. The van der Waals surface area contributed by atoms with Crippen molar-refractivity contribution in [1.29, 1.82) is 0 Å². The number of benzene rings is 1. The number of phenols is 1. The number of piperidine rings is 1. The molecular formula is C14H21FN2O. The summed E-state index contributed by atoms with van der Waals surface area (Å²) < 4.78 is 13.2. The zero-order valence-electron chi connectivity index (χ0n) is 11.0. The maximum atomic E-state index is 13.2. The van der Waals surface area contributed by atoms with Crippen molar-refractivity contribution in [2.24, 2.45) is 0 Å². The van der Waals surface area contributed by atoms with Gasteiger partial charge in [0.15, 0.2) is 11.6 Å². The number of rotatable bonds is 3. The SMILES string of the molecule is CC1CC(NCc2ccc(O)c(F)c2)CCN1C. The molecule has 1 saturated heterocycles. The van der Waals surface area contributed by atoms with Gasteiger partial charge in [0, 0.05) is 18.6 Å². The van der Waals surface area contributed by atoms with Gasteiger partial charge in [0.25, 0.3) is 0 Å². The van der Waals surface area contributed by atoms with Crippen LogP contribution in [0.15, 0.2) is 18.2 Å². The Morgan fingerprint density at radius 2 is 2.28 bits per heavy atom. The van der Waals surface area contributed by atoms with E-state index in [1.54, 1.807) is 6.07 Å². The van der Waals surface area contributed by atoms with E-state index >= 15 is 0 Å². The average Bonchev–Trinajstić information content (AvgIpc) is 2.35. The highest BCUT2D eigenvalue weighted by Gasteiger charge is 2.22. The molecule has 1 aliphatic heterocycles. The van der Waals surface area contributed by atoms with E-state index < -0.39 is 5.82 Å². The van der Waals surface area contributed by atoms with Crippen molar-refractivity contribution in [1.82, 2.24) is 10.2 Å². The van der Waals surface area contributed by atoms with Gasteiger partial charge < -0.3 is 15.3 Å². The summed E-state index contributed by atoms with van der Waals surface area (Å²) in [7, 11) is 2.15. The van der Waals surface area contributed by atoms with E-state index in [1.165, 1.54) is 12.1 Å². The molecule has 0 aromatic heterocycles. The molecule has 4 heteroatoms. The Bertz CT molecular complexity index is 411. The highest BCUT2D eigenvalue weighted by Crippen LogP contribution is 2.18. The standard InChI is InChI=1S/C14H21FN2O/c1-10-7-12(5-6-17(10)2)16-9-11-3-4-14(18)13(15)8-11/h3-4,8,10,12,16,18H,5-7,9H2,1-2H3. The van der Waals surface area contributed by atoms with E-state index in [2.05, 4.69) is 24.2 Å². The number of phenolic OH excluding ortho intramolecular Hbond substituents is 1. The molecular weight excluding hydrogens is 231 g/mol. The number of nitrogens with zero attached hydrogens (tertiary/aromatic N) is 1. The van der Waals surface area contributed by atoms with Crippen LogP contribution in [0.2, 0.25) is 0 Å². The second kappa shape index (κ2) is 5.67. The van der Waals surface area contributed by atoms with Gasteiger partial charge in [-0.3, -0.25) is 0 Å². The smallest absolute Gasteiger partial charge is 0.165 e. The molecule has 0 spiro atoms. The summed E-state index contributed by atoms with van der Waals surface area (Å²) in [6.07, 6.45) is 2.25. The second-order valence-electron chi connectivity index (χ2n) is 5.22. The van der Waals surface area contributed by atoms with Crippen molar-refractivity contribution in [2.75, 3.05) is 13.6 Å². The summed E-state index contributed by atoms with van der Waals surface area (Å²) in [4.78, 5) is 2.36. The highest BCUT2D eigenvalue weighted by atomic mass is 19.1. The molecule has 18 heavy (non-hydrogen) atoms. The molecule has 0 bridgehead atoms. The Balaban J connectivity index is 1.86. The van der Waals surface area contributed by atoms with Crippen molar-refractivity contribution >= 4 is 0 Å². The van der Waals surface area contributed by atoms with Gasteiger partial charge in [-0.05, 0) is 51.1 Å². The van der Waals surface area contributed by atoms with Crippen molar-refractivity contribution in [3.63, 3.8) is 0 Å². The van der Waals surface area contributed by atoms with E-state index in [0.717, 1.165) is 24.9 Å². The third-order valence-corrected chi connectivity index (χ3v) is 3.82. The minimum Gasteiger partial charge on any atom is -0.505 e. The molecule has 0 aliphatic carbocycles. The molecule has 100 valence electrons. The normalized spacial score (nSPS) is 25.3. The molecule has 1 heterocycles. The van der Waals surface area contributed by atoms with E-state index in [1.807, 2.05) is 0 Å². The summed E-state index contributed by atoms with van der Waals surface area (Å²) in [6, 6.07) is 5.63. The largest absolute Gasteiger partial charge is 0.505 e. The van der Waals surface area contributed by atoms with E-state index in [9.17, 15) is 4.39 Å². The van der Waals surface area contributed by atoms with Gasteiger partial charge in [0.1, 0.15) is 0 Å². The summed E-state index contributed by atoms with van der Waals surface area (Å²) in [5.41, 5.74) is 0.872. The van der Waals surface area contributed by atoms with Crippen LogP contribution in [-0.2, 0) is 6.54 Å². The highest BCUT2D eigenvalue weighted by molar-refractivity contribution is 5.27. The van der Waals surface area contributed by atoms with Crippen LogP contribution in [-0.4, -0.2) is 35.7 Å².